The molecule has 0 saturated heterocycles. The molecule has 0 amide bonds. The van der Waals surface area contributed by atoms with Gasteiger partial charge in [-0.2, -0.15) is 0 Å². The van der Waals surface area contributed by atoms with Crippen LogP contribution in [0.15, 0.2) is 244 Å². The summed E-state index contributed by atoms with van der Waals surface area (Å²) in [6.07, 6.45) is 0.590. The van der Waals surface area contributed by atoms with E-state index in [2.05, 4.69) is 8.25 Å². The van der Waals surface area contributed by atoms with Gasteiger partial charge in [0, 0.05) is 73.4 Å². The number of halogens is 1. The molecule has 21 nitrogen and oxygen atoms in total. The molecule has 0 N–H and O–H groups in total. The van der Waals surface area contributed by atoms with Crippen molar-refractivity contribution in [1.29, 1.82) is 0 Å². The molecule has 0 saturated carbocycles. The molecule has 0 radical (unpaired) electrons. The number of ether oxygens (including phenoxy) is 6. The van der Waals surface area contributed by atoms with E-state index < -0.39 is 70.5 Å². The van der Waals surface area contributed by atoms with Crippen molar-refractivity contribution in [3.8, 4) is 63.2 Å². The normalized spacial score (nSPS) is 11.6. The van der Waals surface area contributed by atoms with Gasteiger partial charge in [-0.15, -0.1) is 0 Å². The Kier molecular flexibility index (Phi) is 22.9. The van der Waals surface area contributed by atoms with Crippen LogP contribution in [0.1, 0.15) is 58.9 Å². The zero-order chi connectivity index (χ0) is 67.3. The maximum atomic E-state index is 14.1. The number of nitrogens with zero attached hydrogens (tertiary/aromatic N) is 2. The average molecular weight is 1400 g/mol. The van der Waals surface area contributed by atoms with Crippen molar-refractivity contribution in [3.05, 3.63) is 277 Å². The standard InChI is InChI=1S/C67H49ClN2O19S5.2Li/c1-42-5-9-44(10-6-42)65(71)45-11-23-52(24-12-45)87-57-33-38-61(64(41-57)94(82,83)70-92(78,79)58-34-7-43(2)8-35-58)89-54-29-19-49(20-30-54)67(73)47-15-25-51(26-16-47)86-56-32-37-60(63(40-56)93(80,81)69-90(4,74)75)88-53-27-17-48(18-28-53)66(72)46-13-21-50(22-14-46)85-55-31-36-59(84-3)62(39-55)91(68,76)77;;/h5-41H,1-4H3;;/q-2;2*+1. The van der Waals surface area contributed by atoms with Gasteiger partial charge < -0.3 is 36.7 Å². The van der Waals surface area contributed by atoms with E-state index in [0.717, 1.165) is 23.3 Å². The van der Waals surface area contributed by atoms with Gasteiger partial charge in [-0.3, -0.25) is 14.4 Å². The SMILES string of the molecule is COc1ccc(Oc2ccc(C(=O)c3ccc(Oc4ccc(Oc5ccc(C(=O)c6ccc(Oc7ccc(Oc8ccc(C(=O)c9ccc(C)cc9)cc8)cc7S(=O)(=O)[N-]S(=O)(=O)c7ccc(C)cc7)cc6)cc5)cc4S(=O)(=O)[N-]S(C)(=O)=O)cc3)cc2)cc1S(=O)(=O)Cl.[Li+].[Li+]. The average Bonchev–Trinajstić information content (AvgIpc) is 0.793. The van der Waals surface area contributed by atoms with Crippen molar-refractivity contribution >= 4 is 77.2 Å². The third-order valence-corrected chi connectivity index (χ3v) is 21.0. The Morgan fingerprint density at radius 2 is 0.583 bits per heavy atom. The van der Waals surface area contributed by atoms with Gasteiger partial charge in [0.25, 0.3) is 9.05 Å². The van der Waals surface area contributed by atoms with Crippen molar-refractivity contribution in [1.82, 2.24) is 0 Å². The summed E-state index contributed by atoms with van der Waals surface area (Å²) in [6, 6.07) is 52.5. The Morgan fingerprint density at radius 3 is 0.885 bits per heavy atom. The van der Waals surface area contributed by atoms with Crippen LogP contribution < -0.4 is 66.1 Å². The Labute approximate surface area is 582 Å². The topological polar surface area (TPSA) is 305 Å². The molecule has 0 aliphatic carbocycles. The van der Waals surface area contributed by atoms with Crippen LogP contribution in [-0.2, 0) is 49.1 Å². The van der Waals surface area contributed by atoms with E-state index in [1.165, 1.54) is 195 Å². The van der Waals surface area contributed by atoms with Crippen molar-refractivity contribution in [2.75, 3.05) is 13.4 Å². The van der Waals surface area contributed by atoms with E-state index in [9.17, 15) is 56.5 Å². The second kappa shape index (κ2) is 30.1. The molecule has 10 rings (SSSR count). The summed E-state index contributed by atoms with van der Waals surface area (Å²) >= 11 is 0. The second-order valence-corrected chi connectivity index (χ2v) is 30.0. The number of methoxy groups -OCH3 is 1. The first-order valence-electron chi connectivity index (χ1n) is 27.5. The monoisotopic (exact) mass is 1390 g/mol. The first-order valence-corrected chi connectivity index (χ1v) is 36.0. The molecule has 0 aliphatic rings. The van der Waals surface area contributed by atoms with E-state index in [1.807, 2.05) is 19.1 Å². The van der Waals surface area contributed by atoms with Gasteiger partial charge in [0.2, 0.25) is 0 Å². The molecule has 0 aliphatic heterocycles. The number of rotatable bonds is 25. The molecule has 0 heterocycles. The minimum absolute atomic E-state index is 0. The van der Waals surface area contributed by atoms with Gasteiger partial charge in [0.05, 0.1) is 26.9 Å². The Hall–Kier alpha value is -8.84. The van der Waals surface area contributed by atoms with Gasteiger partial charge >= 0.3 is 37.7 Å². The summed E-state index contributed by atoms with van der Waals surface area (Å²) < 4.78 is 172. The van der Waals surface area contributed by atoms with Crippen molar-refractivity contribution in [2.24, 2.45) is 0 Å². The smallest absolute Gasteiger partial charge is 0.495 e. The summed E-state index contributed by atoms with van der Waals surface area (Å²) in [5.41, 5.74) is 3.31. The summed E-state index contributed by atoms with van der Waals surface area (Å²) in [5, 5.41) is 0. The summed E-state index contributed by atoms with van der Waals surface area (Å²) in [4.78, 5) is 38.3. The van der Waals surface area contributed by atoms with E-state index >= 15 is 0 Å². The second-order valence-electron chi connectivity index (χ2n) is 20.6. The van der Waals surface area contributed by atoms with Crippen LogP contribution in [0.2, 0.25) is 0 Å². The zero-order valence-corrected chi connectivity index (χ0v) is 56.3. The van der Waals surface area contributed by atoms with Gasteiger partial charge in [0.1, 0.15) is 98.2 Å². The number of carbonyl (C=O) groups excluding carboxylic acids is 3. The van der Waals surface area contributed by atoms with Gasteiger partial charge in [-0.1, -0.05) is 47.5 Å². The molecule has 0 bridgehead atoms. The largest absolute Gasteiger partial charge is 1.00 e. The van der Waals surface area contributed by atoms with Crippen LogP contribution in [-0.4, -0.2) is 72.8 Å². The molecule has 96 heavy (non-hydrogen) atoms. The Balaban J connectivity index is 0.00000589. The molecule has 10 aromatic carbocycles. The fourth-order valence-electron chi connectivity index (χ4n) is 8.97. The van der Waals surface area contributed by atoms with Gasteiger partial charge in [-0.25, -0.2) is 42.1 Å². The number of ketones is 3. The van der Waals surface area contributed by atoms with Crippen LogP contribution >= 0.6 is 10.7 Å². The Bertz CT molecular complexity index is 5170. The molecule has 29 heteroatoms. The van der Waals surface area contributed by atoms with Crippen LogP contribution in [0.3, 0.4) is 0 Å². The summed E-state index contributed by atoms with van der Waals surface area (Å²) in [7, 11) is -16.7. The molecule has 0 spiro atoms. The molecule has 480 valence electrons. The summed E-state index contributed by atoms with van der Waals surface area (Å²) in [5.74, 6) is -1.22. The first kappa shape index (κ1) is 73.0. The predicted molar refractivity (Wildman–Crippen MR) is 347 cm³/mol. The molecule has 0 fully saturated rings. The van der Waals surface area contributed by atoms with E-state index in [4.69, 9.17) is 39.1 Å². The zero-order valence-electron chi connectivity index (χ0n) is 51.4. The molecule has 0 atom stereocenters. The minimum atomic E-state index is -5.08. The number of benzene rings is 10. The molecule has 10 aromatic rings. The molecule has 0 aromatic heterocycles. The summed E-state index contributed by atoms with van der Waals surface area (Å²) in [6.45, 7) is 3.62. The minimum Gasteiger partial charge on any atom is -0.495 e. The quantitative estimate of drug-likeness (QED) is 0.0294. The number of carbonyl (C=O) groups is 3. The molecular formula is C67H49ClLi2N2O19S5. The van der Waals surface area contributed by atoms with Crippen LogP contribution in [0.4, 0.5) is 0 Å². The predicted octanol–water partition coefficient (Wildman–Crippen LogP) is 8.38. The number of aryl methyl sites for hydroxylation is 2. The van der Waals surface area contributed by atoms with Gasteiger partial charge in [-0.05, 0) is 184 Å². The third kappa shape index (κ3) is 18.2. The first-order chi connectivity index (χ1) is 44.5. The number of sulfonamides is 4. The third-order valence-electron chi connectivity index (χ3n) is 13.6. The maximum Gasteiger partial charge on any atom is 1.00 e. The molecule has 0 unspecified atom stereocenters. The maximum absolute atomic E-state index is 14.1. The van der Waals surface area contributed by atoms with Crippen molar-refractivity contribution in [3.63, 3.8) is 0 Å². The number of hydrogen-bond donors (Lipinski definition) is 0. The number of hydrogen-bond acceptors (Lipinski definition) is 19. The van der Waals surface area contributed by atoms with E-state index in [1.54, 1.807) is 19.1 Å². The van der Waals surface area contributed by atoms with E-state index in [-0.39, 0.29) is 139 Å². The van der Waals surface area contributed by atoms with Crippen LogP contribution in [0.25, 0.3) is 8.25 Å². The fraction of sp³-hybridized carbons (Fsp3) is 0.0597. The van der Waals surface area contributed by atoms with E-state index in [0.29, 0.717) is 17.4 Å². The van der Waals surface area contributed by atoms with Crippen LogP contribution in [0.5, 0.6) is 63.2 Å². The van der Waals surface area contributed by atoms with Crippen LogP contribution in [0, 0.1) is 13.8 Å². The van der Waals surface area contributed by atoms with Crippen molar-refractivity contribution in [2.45, 2.75) is 33.4 Å². The molecular weight excluding hydrogens is 1350 g/mol. The fourth-order valence-corrected chi connectivity index (χ4v) is 15.2. The Morgan fingerprint density at radius 1 is 0.323 bits per heavy atom. The van der Waals surface area contributed by atoms with Gasteiger partial charge in [0.15, 0.2) is 17.3 Å². The van der Waals surface area contributed by atoms with Crippen molar-refractivity contribution < 1.29 is 123 Å².